The molecule has 1 aromatic heterocycles. The third kappa shape index (κ3) is 5.06. The van der Waals surface area contributed by atoms with Crippen LogP contribution in [0.25, 0.3) is 0 Å². The Labute approximate surface area is 144 Å². The number of anilines is 2. The molecule has 0 atom stereocenters. The van der Waals surface area contributed by atoms with Crippen LogP contribution in [0, 0.1) is 0 Å². The number of nitrogens with zero attached hydrogens (tertiary/aromatic N) is 3. The molecule has 0 saturated carbocycles. The van der Waals surface area contributed by atoms with Crippen molar-refractivity contribution >= 4 is 40.6 Å². The summed E-state index contributed by atoms with van der Waals surface area (Å²) in [5.41, 5.74) is 0.537. The van der Waals surface area contributed by atoms with E-state index in [0.717, 1.165) is 13.1 Å². The van der Waals surface area contributed by atoms with Crippen LogP contribution in [0.4, 0.5) is 11.5 Å². The number of carbonyl (C=O) groups excluding carboxylic acids is 1. The van der Waals surface area contributed by atoms with Crippen LogP contribution in [0.2, 0.25) is 10.0 Å². The molecule has 0 aliphatic heterocycles. The molecule has 2 rings (SSSR count). The zero-order chi connectivity index (χ0) is 16.8. The second kappa shape index (κ2) is 8.10. The molecule has 0 aliphatic rings. The summed E-state index contributed by atoms with van der Waals surface area (Å²) in [6.07, 6.45) is 0. The van der Waals surface area contributed by atoms with E-state index in [9.17, 15) is 4.79 Å². The van der Waals surface area contributed by atoms with Gasteiger partial charge in [-0.25, -0.2) is 0 Å². The smallest absolute Gasteiger partial charge is 0.276 e. The Morgan fingerprint density at radius 2 is 1.83 bits per heavy atom. The van der Waals surface area contributed by atoms with Crippen LogP contribution in [0.5, 0.6) is 0 Å². The summed E-state index contributed by atoms with van der Waals surface area (Å²) in [5.74, 6) is 0.187. The summed E-state index contributed by atoms with van der Waals surface area (Å²) in [5, 5.41) is 14.4. The number of hydrogen-bond donors (Lipinski definition) is 2. The molecule has 2 N–H and O–H groups in total. The number of hydrogen-bond acceptors (Lipinski definition) is 5. The quantitative estimate of drug-likeness (QED) is 0.835. The molecular weight excluding hydrogens is 337 g/mol. The highest BCUT2D eigenvalue weighted by Gasteiger charge is 2.13. The average Bonchev–Trinajstić information content (AvgIpc) is 2.51. The van der Waals surface area contributed by atoms with Crippen LogP contribution in [-0.4, -0.2) is 48.2 Å². The van der Waals surface area contributed by atoms with Crippen molar-refractivity contribution in [3.05, 3.63) is 46.1 Å². The van der Waals surface area contributed by atoms with Gasteiger partial charge in [0.05, 0.1) is 15.7 Å². The van der Waals surface area contributed by atoms with Gasteiger partial charge in [0.2, 0.25) is 0 Å². The molecule has 2 aromatic rings. The van der Waals surface area contributed by atoms with Gasteiger partial charge in [-0.15, -0.1) is 10.2 Å². The Morgan fingerprint density at radius 1 is 1.13 bits per heavy atom. The number of para-hydroxylation sites is 1. The molecule has 0 saturated heterocycles. The van der Waals surface area contributed by atoms with Gasteiger partial charge in [0, 0.05) is 13.1 Å². The number of benzene rings is 1. The third-order valence-corrected chi connectivity index (χ3v) is 3.59. The minimum Gasteiger partial charge on any atom is -0.367 e. The monoisotopic (exact) mass is 353 g/mol. The van der Waals surface area contributed by atoms with Crippen LogP contribution >= 0.6 is 23.2 Å². The Kier molecular flexibility index (Phi) is 6.15. The lowest BCUT2D eigenvalue weighted by molar-refractivity contribution is 0.102. The first kappa shape index (κ1) is 17.5. The normalized spacial score (nSPS) is 10.7. The summed E-state index contributed by atoms with van der Waals surface area (Å²) < 4.78 is 0. The lowest BCUT2D eigenvalue weighted by Crippen LogP contribution is -2.21. The van der Waals surface area contributed by atoms with Gasteiger partial charge < -0.3 is 15.5 Å². The van der Waals surface area contributed by atoms with Gasteiger partial charge in [-0.1, -0.05) is 29.3 Å². The molecule has 23 heavy (non-hydrogen) atoms. The zero-order valence-corrected chi connectivity index (χ0v) is 14.3. The van der Waals surface area contributed by atoms with Crippen molar-refractivity contribution in [1.82, 2.24) is 15.1 Å². The maximum atomic E-state index is 12.2. The average molecular weight is 354 g/mol. The second-order valence-electron chi connectivity index (χ2n) is 5.08. The van der Waals surface area contributed by atoms with Crippen LogP contribution in [0.1, 0.15) is 10.5 Å². The Hall–Kier alpha value is -1.89. The highest BCUT2D eigenvalue weighted by molar-refractivity contribution is 6.39. The molecule has 1 amide bonds. The SMILES string of the molecule is CN(C)CCNc1ccc(C(=O)Nc2c(Cl)cccc2Cl)nn1. The van der Waals surface area contributed by atoms with Gasteiger partial charge in [0.15, 0.2) is 5.69 Å². The lowest BCUT2D eigenvalue weighted by atomic mass is 10.3. The summed E-state index contributed by atoms with van der Waals surface area (Å²) in [7, 11) is 3.97. The molecule has 1 aromatic carbocycles. The minimum absolute atomic E-state index is 0.180. The molecule has 122 valence electrons. The molecule has 0 radical (unpaired) electrons. The van der Waals surface area contributed by atoms with Gasteiger partial charge in [-0.3, -0.25) is 4.79 Å². The lowest BCUT2D eigenvalue weighted by Gasteiger charge is -2.11. The van der Waals surface area contributed by atoms with Crippen molar-refractivity contribution in [1.29, 1.82) is 0 Å². The van der Waals surface area contributed by atoms with E-state index in [-0.39, 0.29) is 5.69 Å². The van der Waals surface area contributed by atoms with E-state index >= 15 is 0 Å². The van der Waals surface area contributed by atoms with Gasteiger partial charge in [-0.05, 0) is 38.4 Å². The highest BCUT2D eigenvalue weighted by atomic mass is 35.5. The molecule has 6 nitrogen and oxygen atoms in total. The Morgan fingerprint density at radius 3 is 2.39 bits per heavy atom. The number of likely N-dealkylation sites (N-methyl/N-ethyl adjacent to an activating group) is 1. The van der Waals surface area contributed by atoms with E-state index in [2.05, 4.69) is 25.7 Å². The van der Waals surface area contributed by atoms with E-state index in [4.69, 9.17) is 23.2 Å². The molecule has 0 unspecified atom stereocenters. The minimum atomic E-state index is -0.424. The van der Waals surface area contributed by atoms with E-state index in [1.54, 1.807) is 30.3 Å². The van der Waals surface area contributed by atoms with Crippen molar-refractivity contribution in [3.63, 3.8) is 0 Å². The molecule has 0 spiro atoms. The van der Waals surface area contributed by atoms with Crippen LogP contribution < -0.4 is 10.6 Å². The predicted octanol–water partition coefficient (Wildman–Crippen LogP) is 3.01. The standard InChI is InChI=1S/C15H17Cl2N5O/c1-22(2)9-8-18-13-7-6-12(20-21-13)15(23)19-14-10(16)4-3-5-11(14)17/h3-7H,8-9H2,1-2H3,(H,18,21)(H,19,23). The third-order valence-electron chi connectivity index (χ3n) is 2.96. The van der Waals surface area contributed by atoms with Crippen molar-refractivity contribution in [2.75, 3.05) is 37.8 Å². The van der Waals surface area contributed by atoms with Crippen LogP contribution in [0.3, 0.4) is 0 Å². The van der Waals surface area contributed by atoms with Gasteiger partial charge >= 0.3 is 0 Å². The fourth-order valence-corrected chi connectivity index (χ4v) is 2.24. The Bertz CT molecular complexity index is 656. The number of amides is 1. The van der Waals surface area contributed by atoms with E-state index in [1.165, 1.54) is 0 Å². The first-order chi connectivity index (χ1) is 11.0. The van der Waals surface area contributed by atoms with Crippen molar-refractivity contribution in [3.8, 4) is 0 Å². The second-order valence-corrected chi connectivity index (χ2v) is 5.90. The molecule has 0 aliphatic carbocycles. The van der Waals surface area contributed by atoms with Crippen molar-refractivity contribution in [2.24, 2.45) is 0 Å². The first-order valence-electron chi connectivity index (χ1n) is 6.95. The van der Waals surface area contributed by atoms with Crippen molar-refractivity contribution < 1.29 is 4.79 Å². The molecule has 0 fully saturated rings. The van der Waals surface area contributed by atoms with Crippen LogP contribution in [-0.2, 0) is 0 Å². The molecule has 1 heterocycles. The van der Waals surface area contributed by atoms with E-state index in [1.807, 2.05) is 14.1 Å². The fraction of sp³-hybridized carbons (Fsp3) is 0.267. The fourth-order valence-electron chi connectivity index (χ4n) is 1.75. The summed E-state index contributed by atoms with van der Waals surface area (Å²) >= 11 is 12.0. The Balaban J connectivity index is 2.00. The van der Waals surface area contributed by atoms with Gasteiger partial charge in [-0.2, -0.15) is 0 Å². The van der Waals surface area contributed by atoms with E-state index in [0.29, 0.717) is 21.6 Å². The first-order valence-corrected chi connectivity index (χ1v) is 7.70. The van der Waals surface area contributed by atoms with Gasteiger partial charge in [0.1, 0.15) is 5.82 Å². The van der Waals surface area contributed by atoms with E-state index < -0.39 is 5.91 Å². The van der Waals surface area contributed by atoms with Gasteiger partial charge in [0.25, 0.3) is 5.91 Å². The summed E-state index contributed by atoms with van der Waals surface area (Å²) in [6, 6.07) is 8.28. The van der Waals surface area contributed by atoms with Crippen molar-refractivity contribution in [2.45, 2.75) is 0 Å². The topological polar surface area (TPSA) is 70.2 Å². The maximum Gasteiger partial charge on any atom is 0.276 e. The number of carbonyl (C=O) groups is 1. The maximum absolute atomic E-state index is 12.2. The van der Waals surface area contributed by atoms with Crippen LogP contribution in [0.15, 0.2) is 30.3 Å². The number of rotatable bonds is 6. The molecule has 8 heteroatoms. The molecule has 0 bridgehead atoms. The molecular formula is C15H17Cl2N5O. The summed E-state index contributed by atoms with van der Waals surface area (Å²) in [4.78, 5) is 14.2. The zero-order valence-electron chi connectivity index (χ0n) is 12.8. The number of aromatic nitrogens is 2. The number of halogens is 2. The number of nitrogens with one attached hydrogen (secondary N) is 2. The highest BCUT2D eigenvalue weighted by Crippen LogP contribution is 2.30. The largest absolute Gasteiger partial charge is 0.367 e. The predicted molar refractivity (Wildman–Crippen MR) is 93.5 cm³/mol. The summed E-state index contributed by atoms with van der Waals surface area (Å²) in [6.45, 7) is 1.61.